The Hall–Kier alpha value is -0.860. The van der Waals surface area contributed by atoms with Crippen LogP contribution in [0, 0.1) is 0 Å². The molecule has 1 rings (SSSR count). The fraction of sp³-hybridized carbons (Fsp3) is 0.750. The summed E-state index contributed by atoms with van der Waals surface area (Å²) in [5.74, 6) is 0.862. The second-order valence-electron chi connectivity index (χ2n) is 2.82. The lowest BCUT2D eigenvalue weighted by Crippen LogP contribution is -2.27. The smallest absolute Gasteiger partial charge is 0.222 e. The molecule has 0 fully saturated rings. The van der Waals surface area contributed by atoms with Crippen LogP contribution >= 0.6 is 0 Å². The largest absolute Gasteiger partial charge is 0.315 e. The minimum absolute atomic E-state index is 0.00866. The van der Waals surface area contributed by atoms with Crippen LogP contribution in [-0.2, 0) is 4.79 Å². The lowest BCUT2D eigenvalue weighted by molar-refractivity contribution is -0.117. The summed E-state index contributed by atoms with van der Waals surface area (Å²) in [4.78, 5) is 14.9. The summed E-state index contributed by atoms with van der Waals surface area (Å²) >= 11 is 0. The first-order chi connectivity index (χ1) is 5.29. The van der Waals surface area contributed by atoms with Gasteiger partial charge in [-0.3, -0.25) is 9.79 Å². The van der Waals surface area contributed by atoms with Gasteiger partial charge in [-0.25, -0.2) is 0 Å². The van der Waals surface area contributed by atoms with Crippen molar-refractivity contribution in [1.82, 2.24) is 5.32 Å². The van der Waals surface area contributed by atoms with E-state index in [1.165, 1.54) is 13.3 Å². The highest BCUT2D eigenvalue weighted by molar-refractivity contribution is 5.97. The van der Waals surface area contributed by atoms with Crippen LogP contribution in [0.5, 0.6) is 0 Å². The maximum Gasteiger partial charge on any atom is 0.222 e. The van der Waals surface area contributed by atoms with Gasteiger partial charge in [0.05, 0.1) is 0 Å². The van der Waals surface area contributed by atoms with Crippen molar-refractivity contribution < 1.29 is 4.79 Å². The zero-order chi connectivity index (χ0) is 8.10. The van der Waals surface area contributed by atoms with E-state index in [9.17, 15) is 4.79 Å². The van der Waals surface area contributed by atoms with Crippen LogP contribution in [0.4, 0.5) is 0 Å². The molecule has 62 valence electrons. The van der Waals surface area contributed by atoms with Crippen LogP contribution in [-0.4, -0.2) is 18.3 Å². The summed E-state index contributed by atoms with van der Waals surface area (Å²) in [7, 11) is 0. The average molecular weight is 154 g/mol. The number of amides is 1. The van der Waals surface area contributed by atoms with E-state index in [-0.39, 0.29) is 5.91 Å². The van der Waals surface area contributed by atoms with Crippen molar-refractivity contribution >= 4 is 11.7 Å². The third kappa shape index (κ3) is 3.16. The van der Waals surface area contributed by atoms with Crippen LogP contribution in [0.25, 0.3) is 0 Å². The molecular weight excluding hydrogens is 140 g/mol. The number of aliphatic imine (C=N–C) groups is 1. The van der Waals surface area contributed by atoms with Gasteiger partial charge in [-0.15, -0.1) is 0 Å². The highest BCUT2D eigenvalue weighted by Gasteiger charge is 2.04. The van der Waals surface area contributed by atoms with Gasteiger partial charge in [0.25, 0.3) is 0 Å². The Labute approximate surface area is 66.9 Å². The second-order valence-corrected chi connectivity index (χ2v) is 2.82. The molecule has 0 aliphatic carbocycles. The monoisotopic (exact) mass is 154 g/mol. The molecule has 0 atom stereocenters. The summed E-state index contributed by atoms with van der Waals surface area (Å²) in [6, 6.07) is 0. The van der Waals surface area contributed by atoms with Gasteiger partial charge in [-0.05, 0) is 12.8 Å². The maximum atomic E-state index is 10.6. The van der Waals surface area contributed by atoms with Crippen molar-refractivity contribution in [2.24, 2.45) is 4.99 Å². The molecule has 0 radical (unpaired) electrons. The van der Waals surface area contributed by atoms with Crippen LogP contribution in [0.15, 0.2) is 4.99 Å². The van der Waals surface area contributed by atoms with Crippen molar-refractivity contribution in [1.29, 1.82) is 0 Å². The maximum absolute atomic E-state index is 10.6. The Morgan fingerprint density at radius 1 is 1.45 bits per heavy atom. The van der Waals surface area contributed by atoms with Crippen molar-refractivity contribution in [2.45, 2.75) is 32.6 Å². The molecule has 1 aliphatic rings. The summed E-state index contributed by atoms with van der Waals surface area (Å²) in [5.41, 5.74) is 0. The molecule has 3 nitrogen and oxygen atoms in total. The highest BCUT2D eigenvalue weighted by atomic mass is 16.1. The Balaban J connectivity index is 2.40. The number of nitrogens with one attached hydrogen (secondary N) is 1. The van der Waals surface area contributed by atoms with E-state index in [2.05, 4.69) is 10.3 Å². The van der Waals surface area contributed by atoms with E-state index in [0.717, 1.165) is 31.6 Å². The number of hydrogen-bond donors (Lipinski definition) is 1. The topological polar surface area (TPSA) is 41.5 Å². The van der Waals surface area contributed by atoms with E-state index in [4.69, 9.17) is 0 Å². The van der Waals surface area contributed by atoms with Gasteiger partial charge in [0.2, 0.25) is 5.91 Å². The van der Waals surface area contributed by atoms with Crippen molar-refractivity contribution in [2.75, 3.05) is 6.54 Å². The predicted octanol–water partition coefficient (Wildman–Crippen LogP) is 1.09. The molecular formula is C8H14N2O. The standard InChI is InChI=1S/C8H14N2O/c1-7(11)10-8-5-3-2-4-6-9-8/h2-6H2,1H3,(H,9,10,11). The molecule has 0 aromatic rings. The molecule has 1 heterocycles. The SMILES string of the molecule is CC(=O)NC1=NCCCCC1. The van der Waals surface area contributed by atoms with Gasteiger partial charge < -0.3 is 5.32 Å². The van der Waals surface area contributed by atoms with Crippen LogP contribution in [0.3, 0.4) is 0 Å². The molecule has 0 saturated heterocycles. The number of rotatable bonds is 0. The van der Waals surface area contributed by atoms with Gasteiger partial charge >= 0.3 is 0 Å². The predicted molar refractivity (Wildman–Crippen MR) is 44.6 cm³/mol. The Morgan fingerprint density at radius 3 is 3.00 bits per heavy atom. The van der Waals surface area contributed by atoms with Gasteiger partial charge in [0.15, 0.2) is 0 Å². The first kappa shape index (κ1) is 8.24. The van der Waals surface area contributed by atoms with E-state index >= 15 is 0 Å². The lowest BCUT2D eigenvalue weighted by atomic mass is 10.2. The van der Waals surface area contributed by atoms with Crippen molar-refractivity contribution in [3.8, 4) is 0 Å². The van der Waals surface area contributed by atoms with Crippen molar-refractivity contribution in [3.05, 3.63) is 0 Å². The second kappa shape index (κ2) is 4.11. The molecule has 0 aromatic heterocycles. The molecule has 3 heteroatoms. The minimum atomic E-state index is -0.00866. The Kier molecular flexibility index (Phi) is 3.08. The molecule has 0 saturated carbocycles. The lowest BCUT2D eigenvalue weighted by Gasteiger charge is -2.02. The average Bonchev–Trinajstić information content (AvgIpc) is 2.14. The molecule has 0 unspecified atom stereocenters. The highest BCUT2D eigenvalue weighted by Crippen LogP contribution is 2.05. The van der Waals surface area contributed by atoms with E-state index in [0.29, 0.717) is 0 Å². The first-order valence-corrected chi connectivity index (χ1v) is 4.10. The number of amidine groups is 1. The van der Waals surface area contributed by atoms with Gasteiger partial charge in [-0.2, -0.15) is 0 Å². The van der Waals surface area contributed by atoms with E-state index in [1.54, 1.807) is 0 Å². The zero-order valence-corrected chi connectivity index (χ0v) is 6.89. The number of nitrogens with zero attached hydrogens (tertiary/aromatic N) is 1. The van der Waals surface area contributed by atoms with Crippen LogP contribution < -0.4 is 5.32 Å². The minimum Gasteiger partial charge on any atom is -0.315 e. The first-order valence-electron chi connectivity index (χ1n) is 4.10. The molecule has 1 amide bonds. The van der Waals surface area contributed by atoms with Crippen molar-refractivity contribution in [3.63, 3.8) is 0 Å². The Morgan fingerprint density at radius 2 is 2.27 bits per heavy atom. The normalized spacial score (nSPS) is 18.5. The fourth-order valence-corrected chi connectivity index (χ4v) is 1.18. The third-order valence-electron chi connectivity index (χ3n) is 1.69. The van der Waals surface area contributed by atoms with Crippen LogP contribution in [0.2, 0.25) is 0 Å². The third-order valence-corrected chi connectivity index (χ3v) is 1.69. The van der Waals surface area contributed by atoms with E-state index < -0.39 is 0 Å². The zero-order valence-electron chi connectivity index (χ0n) is 6.89. The number of carbonyl (C=O) groups is 1. The summed E-state index contributed by atoms with van der Waals surface area (Å²) in [6.07, 6.45) is 4.47. The fourth-order valence-electron chi connectivity index (χ4n) is 1.18. The molecule has 0 bridgehead atoms. The number of carbonyl (C=O) groups excluding carboxylic acids is 1. The molecule has 11 heavy (non-hydrogen) atoms. The molecule has 0 aromatic carbocycles. The summed E-state index contributed by atoms with van der Waals surface area (Å²) < 4.78 is 0. The Bertz CT molecular complexity index is 175. The van der Waals surface area contributed by atoms with Crippen LogP contribution in [0.1, 0.15) is 32.6 Å². The molecule has 0 spiro atoms. The quantitative estimate of drug-likeness (QED) is 0.557. The van der Waals surface area contributed by atoms with Gasteiger partial charge in [0, 0.05) is 19.9 Å². The number of hydrogen-bond acceptors (Lipinski definition) is 2. The van der Waals surface area contributed by atoms with Gasteiger partial charge in [0.1, 0.15) is 5.84 Å². The van der Waals surface area contributed by atoms with E-state index in [1.807, 2.05) is 0 Å². The van der Waals surface area contributed by atoms with Gasteiger partial charge in [-0.1, -0.05) is 6.42 Å². The molecule has 1 N–H and O–H groups in total. The summed E-state index contributed by atoms with van der Waals surface area (Å²) in [5, 5.41) is 2.73. The molecule has 1 aliphatic heterocycles. The summed E-state index contributed by atoms with van der Waals surface area (Å²) in [6.45, 7) is 2.39.